The van der Waals surface area contributed by atoms with Crippen LogP contribution in [0.2, 0.25) is 0 Å². The number of primary amides is 1. The summed E-state index contributed by atoms with van der Waals surface area (Å²) in [7, 11) is 0. The third kappa shape index (κ3) is 5.93. The zero-order chi connectivity index (χ0) is 28.7. The van der Waals surface area contributed by atoms with Crippen LogP contribution in [0, 0.1) is 11.3 Å². The van der Waals surface area contributed by atoms with Crippen molar-refractivity contribution >= 4 is 11.8 Å². The Kier molecular flexibility index (Phi) is 7.58. The summed E-state index contributed by atoms with van der Waals surface area (Å²) in [5.41, 5.74) is 6.59. The molecule has 0 aromatic heterocycles. The van der Waals surface area contributed by atoms with Crippen LogP contribution in [0.25, 0.3) is 11.1 Å². The Labute approximate surface area is 215 Å². The first kappa shape index (κ1) is 29.0. The Bertz CT molecular complexity index is 1230. The highest BCUT2D eigenvalue weighted by atomic mass is 19.4. The van der Waals surface area contributed by atoms with Crippen molar-refractivity contribution < 1.29 is 35.9 Å². The normalized spacial score (nSPS) is 16.7. The molecule has 1 fully saturated rings. The SMILES string of the molecule is CC(C)(F)C[C@H](N)C(=O)N([C@@H](c1ccc(-c2ccc(C(F)(F)C(N)=O)cc2)cc1)C(F)(F)F)C1(C#N)CC1. The van der Waals surface area contributed by atoms with E-state index in [2.05, 4.69) is 0 Å². The average molecular weight is 541 g/mol. The third-order valence-corrected chi connectivity index (χ3v) is 6.34. The van der Waals surface area contributed by atoms with Gasteiger partial charge in [-0.2, -0.15) is 27.2 Å². The summed E-state index contributed by atoms with van der Waals surface area (Å²) in [6, 6.07) is 6.94. The molecule has 204 valence electrons. The van der Waals surface area contributed by atoms with Crippen molar-refractivity contribution in [2.45, 2.75) is 68.5 Å². The van der Waals surface area contributed by atoms with Crippen LogP contribution >= 0.6 is 0 Å². The predicted molar refractivity (Wildman–Crippen MR) is 126 cm³/mol. The van der Waals surface area contributed by atoms with E-state index in [1.807, 2.05) is 0 Å². The van der Waals surface area contributed by atoms with Crippen LogP contribution in [0.5, 0.6) is 0 Å². The number of hydrogen-bond acceptors (Lipinski definition) is 4. The molecule has 2 aromatic rings. The second-order valence-electron chi connectivity index (χ2n) is 9.96. The van der Waals surface area contributed by atoms with Crippen LogP contribution in [0.15, 0.2) is 48.5 Å². The van der Waals surface area contributed by atoms with Crippen LogP contribution < -0.4 is 11.5 Å². The maximum Gasteiger partial charge on any atom is 0.413 e. The summed E-state index contributed by atoms with van der Waals surface area (Å²) in [6.07, 6.45) is -5.53. The molecule has 4 N–H and O–H groups in total. The standard InChI is InChI=1S/C26H26F6N4O2/c1-23(2,27)13-19(34)21(37)36(24(14-33)11-12-24)20(26(30,31)32)17-5-3-15(4-6-17)16-7-9-18(10-8-16)25(28,29)22(35)38/h3-10,19-20H,11-13,34H2,1-2H3,(H2,35,38)/t19-,20-/m0/s1. The van der Waals surface area contributed by atoms with Gasteiger partial charge in [0.1, 0.15) is 11.2 Å². The van der Waals surface area contributed by atoms with Gasteiger partial charge in [0, 0.05) is 12.0 Å². The van der Waals surface area contributed by atoms with E-state index in [9.17, 15) is 41.2 Å². The minimum atomic E-state index is -5.00. The molecule has 2 atom stereocenters. The number of rotatable bonds is 9. The van der Waals surface area contributed by atoms with Crippen molar-refractivity contribution in [3.05, 3.63) is 59.7 Å². The molecule has 38 heavy (non-hydrogen) atoms. The number of carbonyl (C=O) groups excluding carboxylic acids is 2. The lowest BCUT2D eigenvalue weighted by Gasteiger charge is -2.38. The minimum absolute atomic E-state index is 0.00786. The summed E-state index contributed by atoms with van der Waals surface area (Å²) in [5, 5.41) is 9.65. The van der Waals surface area contributed by atoms with Crippen molar-refractivity contribution in [2.75, 3.05) is 0 Å². The van der Waals surface area contributed by atoms with E-state index in [1.165, 1.54) is 24.3 Å². The second-order valence-corrected chi connectivity index (χ2v) is 9.96. The third-order valence-electron chi connectivity index (χ3n) is 6.34. The molecule has 1 aliphatic rings. The van der Waals surface area contributed by atoms with Crippen LogP contribution in [0.3, 0.4) is 0 Å². The zero-order valence-corrected chi connectivity index (χ0v) is 20.5. The van der Waals surface area contributed by atoms with E-state index in [0.29, 0.717) is 16.0 Å². The highest BCUT2D eigenvalue weighted by Crippen LogP contribution is 2.50. The maximum atomic E-state index is 14.4. The van der Waals surface area contributed by atoms with Crippen LogP contribution in [-0.4, -0.2) is 40.1 Å². The first-order chi connectivity index (χ1) is 17.4. The van der Waals surface area contributed by atoms with Crippen LogP contribution in [0.1, 0.15) is 50.3 Å². The molecular formula is C26H26F6N4O2. The Hall–Kier alpha value is -3.59. The Balaban J connectivity index is 1.99. The molecule has 0 spiro atoms. The molecule has 0 heterocycles. The number of alkyl halides is 6. The van der Waals surface area contributed by atoms with Gasteiger partial charge in [0.15, 0.2) is 6.04 Å². The summed E-state index contributed by atoms with van der Waals surface area (Å²) in [6.45, 7) is 2.28. The second kappa shape index (κ2) is 9.94. The van der Waals surface area contributed by atoms with Gasteiger partial charge in [0.2, 0.25) is 5.91 Å². The van der Waals surface area contributed by atoms with Crippen molar-refractivity contribution in [3.8, 4) is 17.2 Å². The molecule has 0 unspecified atom stereocenters. The molecule has 6 nitrogen and oxygen atoms in total. The number of amides is 2. The topological polar surface area (TPSA) is 113 Å². The molecule has 0 saturated heterocycles. The lowest BCUT2D eigenvalue weighted by atomic mass is 9.95. The van der Waals surface area contributed by atoms with Crippen molar-refractivity contribution in [1.82, 2.24) is 4.90 Å². The van der Waals surface area contributed by atoms with Crippen LogP contribution in [-0.2, 0) is 15.5 Å². The van der Waals surface area contributed by atoms with Crippen molar-refractivity contribution in [3.63, 3.8) is 0 Å². The molecule has 0 bridgehead atoms. The lowest BCUT2D eigenvalue weighted by molar-refractivity contribution is -0.198. The van der Waals surface area contributed by atoms with Gasteiger partial charge in [-0.1, -0.05) is 48.5 Å². The fourth-order valence-electron chi connectivity index (χ4n) is 4.26. The Morgan fingerprint density at radius 1 is 0.974 bits per heavy atom. The minimum Gasteiger partial charge on any atom is -0.364 e. The van der Waals surface area contributed by atoms with Gasteiger partial charge >= 0.3 is 12.1 Å². The van der Waals surface area contributed by atoms with Gasteiger partial charge in [0.05, 0.1) is 12.1 Å². The molecule has 0 radical (unpaired) electrons. The van der Waals surface area contributed by atoms with E-state index < -0.39 is 59.2 Å². The molecule has 2 aromatic carbocycles. The number of hydrogen-bond donors (Lipinski definition) is 2. The number of nitrogens with two attached hydrogens (primary N) is 2. The van der Waals surface area contributed by atoms with E-state index >= 15 is 0 Å². The fraction of sp³-hybridized carbons (Fsp3) is 0.423. The first-order valence-corrected chi connectivity index (χ1v) is 11.6. The molecule has 1 saturated carbocycles. The van der Waals surface area contributed by atoms with E-state index in [-0.39, 0.29) is 18.4 Å². The molecule has 3 rings (SSSR count). The molecule has 2 amide bonds. The van der Waals surface area contributed by atoms with Crippen LogP contribution in [0.4, 0.5) is 26.3 Å². The predicted octanol–water partition coefficient (Wildman–Crippen LogP) is 4.88. The number of benzene rings is 2. The van der Waals surface area contributed by atoms with Gasteiger partial charge in [-0.15, -0.1) is 0 Å². The van der Waals surface area contributed by atoms with Gasteiger partial charge in [0.25, 0.3) is 5.91 Å². The van der Waals surface area contributed by atoms with Crippen molar-refractivity contribution in [2.24, 2.45) is 11.5 Å². The molecular weight excluding hydrogens is 514 g/mol. The first-order valence-electron chi connectivity index (χ1n) is 11.6. The van der Waals surface area contributed by atoms with E-state index in [1.54, 1.807) is 6.07 Å². The highest BCUT2D eigenvalue weighted by molar-refractivity contribution is 5.84. The Morgan fingerprint density at radius 2 is 1.45 bits per heavy atom. The van der Waals surface area contributed by atoms with E-state index in [0.717, 1.165) is 38.1 Å². The quantitative estimate of drug-likeness (QED) is 0.441. The largest absolute Gasteiger partial charge is 0.413 e. The molecule has 1 aliphatic carbocycles. The Morgan fingerprint density at radius 3 is 1.82 bits per heavy atom. The van der Waals surface area contributed by atoms with Gasteiger partial charge in [-0.25, -0.2) is 4.39 Å². The number of nitriles is 1. The van der Waals surface area contributed by atoms with E-state index in [4.69, 9.17) is 11.5 Å². The molecule has 0 aliphatic heterocycles. The summed E-state index contributed by atoms with van der Waals surface area (Å²) >= 11 is 0. The number of nitrogens with zero attached hydrogens (tertiary/aromatic N) is 2. The zero-order valence-electron chi connectivity index (χ0n) is 20.5. The fourth-order valence-corrected chi connectivity index (χ4v) is 4.26. The smallest absolute Gasteiger partial charge is 0.364 e. The summed E-state index contributed by atoms with van der Waals surface area (Å²) in [5.74, 6) is -6.91. The molecule has 12 heteroatoms. The number of carbonyl (C=O) groups is 2. The number of halogens is 6. The van der Waals surface area contributed by atoms with Gasteiger partial charge in [-0.3, -0.25) is 9.59 Å². The summed E-state index contributed by atoms with van der Waals surface area (Å²) < 4.78 is 85.1. The maximum absolute atomic E-state index is 14.4. The highest BCUT2D eigenvalue weighted by Gasteiger charge is 2.60. The average Bonchev–Trinajstić information content (AvgIpc) is 3.61. The lowest BCUT2D eigenvalue weighted by Crippen LogP contribution is -2.55. The van der Waals surface area contributed by atoms with Gasteiger partial charge < -0.3 is 16.4 Å². The summed E-state index contributed by atoms with van der Waals surface area (Å²) in [4.78, 5) is 24.6. The monoisotopic (exact) mass is 540 g/mol. The van der Waals surface area contributed by atoms with Crippen molar-refractivity contribution in [1.29, 1.82) is 5.26 Å². The van der Waals surface area contributed by atoms with Gasteiger partial charge in [-0.05, 0) is 43.4 Å².